The van der Waals surface area contributed by atoms with Gasteiger partial charge in [-0.15, -0.1) is 0 Å². The van der Waals surface area contributed by atoms with Gasteiger partial charge < -0.3 is 14.2 Å². The highest BCUT2D eigenvalue weighted by Crippen LogP contribution is 2.17. The van der Waals surface area contributed by atoms with Crippen molar-refractivity contribution >= 4 is 18.1 Å². The van der Waals surface area contributed by atoms with Crippen LogP contribution in [-0.4, -0.2) is 31.3 Å². The van der Waals surface area contributed by atoms with Crippen LogP contribution in [0.1, 0.15) is 41.3 Å². The lowest BCUT2D eigenvalue weighted by atomic mass is 10.2. The normalized spacial score (nSPS) is 10.6. The fourth-order valence-electron chi connectivity index (χ4n) is 2.88. The zero-order valence-electron chi connectivity index (χ0n) is 19.3. The van der Waals surface area contributed by atoms with Crippen molar-refractivity contribution in [3.8, 4) is 17.2 Å². The van der Waals surface area contributed by atoms with Crippen molar-refractivity contribution in [2.24, 2.45) is 5.10 Å². The molecule has 0 spiro atoms. The number of ether oxygens (including phenoxy) is 3. The maximum absolute atomic E-state index is 12.4. The number of aryl methyl sites for hydroxylation is 1. The summed E-state index contributed by atoms with van der Waals surface area (Å²) in [6.07, 6.45) is 3.54. The van der Waals surface area contributed by atoms with Crippen molar-refractivity contribution in [2.75, 3.05) is 13.2 Å². The van der Waals surface area contributed by atoms with Crippen LogP contribution in [0.3, 0.4) is 0 Å². The van der Waals surface area contributed by atoms with Crippen LogP contribution in [0, 0.1) is 6.92 Å². The summed E-state index contributed by atoms with van der Waals surface area (Å²) in [6.45, 7) is 4.53. The van der Waals surface area contributed by atoms with E-state index in [1.807, 2.05) is 25.1 Å². The molecule has 0 aromatic heterocycles. The van der Waals surface area contributed by atoms with Gasteiger partial charge in [0.25, 0.3) is 5.91 Å². The number of esters is 1. The number of hydrogen-bond acceptors (Lipinski definition) is 6. The number of hydrazone groups is 1. The van der Waals surface area contributed by atoms with E-state index >= 15 is 0 Å². The maximum atomic E-state index is 12.4. The monoisotopic (exact) mass is 460 g/mol. The Labute approximate surface area is 199 Å². The van der Waals surface area contributed by atoms with Crippen LogP contribution in [0.2, 0.25) is 0 Å². The molecular weight excluding hydrogens is 432 g/mol. The van der Waals surface area contributed by atoms with Gasteiger partial charge in [-0.05, 0) is 79.1 Å². The molecule has 0 aliphatic heterocycles. The highest BCUT2D eigenvalue weighted by Gasteiger charge is 2.09. The standard InChI is InChI=1S/C27H28N2O5/c1-3-4-17-32-23-15-11-22(12-16-23)27(31)34-24-13-9-21(10-14-24)18-28-29-26(30)19-33-25-8-6-5-7-20(25)2/h5-16,18H,3-4,17,19H2,1-2H3,(H,29,30). The molecule has 1 amide bonds. The molecule has 0 aliphatic rings. The Morgan fingerprint density at radius 3 is 2.32 bits per heavy atom. The van der Waals surface area contributed by atoms with Gasteiger partial charge in [-0.3, -0.25) is 4.79 Å². The molecule has 0 atom stereocenters. The average molecular weight is 461 g/mol. The number of hydrogen-bond donors (Lipinski definition) is 1. The second-order valence-electron chi connectivity index (χ2n) is 7.53. The van der Waals surface area contributed by atoms with Crippen molar-refractivity contribution < 1.29 is 23.8 Å². The molecule has 1 N–H and O–H groups in total. The summed E-state index contributed by atoms with van der Waals surface area (Å²) in [7, 11) is 0. The Kier molecular flexibility index (Phi) is 9.22. The molecule has 0 bridgehead atoms. The van der Waals surface area contributed by atoms with Gasteiger partial charge in [0.15, 0.2) is 6.61 Å². The van der Waals surface area contributed by atoms with E-state index in [1.54, 1.807) is 54.6 Å². The second kappa shape index (κ2) is 12.8. The zero-order valence-corrected chi connectivity index (χ0v) is 19.3. The lowest BCUT2D eigenvalue weighted by Crippen LogP contribution is -2.24. The van der Waals surface area contributed by atoms with E-state index in [2.05, 4.69) is 17.5 Å². The Morgan fingerprint density at radius 1 is 0.912 bits per heavy atom. The van der Waals surface area contributed by atoms with E-state index in [-0.39, 0.29) is 12.5 Å². The first kappa shape index (κ1) is 24.5. The van der Waals surface area contributed by atoms with Gasteiger partial charge in [0.1, 0.15) is 17.2 Å². The Morgan fingerprint density at radius 2 is 1.62 bits per heavy atom. The minimum Gasteiger partial charge on any atom is -0.494 e. The van der Waals surface area contributed by atoms with Crippen molar-refractivity contribution in [1.29, 1.82) is 0 Å². The lowest BCUT2D eigenvalue weighted by Gasteiger charge is -2.07. The maximum Gasteiger partial charge on any atom is 0.343 e. The van der Waals surface area contributed by atoms with Gasteiger partial charge in [0.2, 0.25) is 0 Å². The SMILES string of the molecule is CCCCOc1ccc(C(=O)Oc2ccc(C=NNC(=O)COc3ccccc3C)cc2)cc1. The minimum absolute atomic E-state index is 0.136. The Balaban J connectivity index is 1.44. The molecule has 34 heavy (non-hydrogen) atoms. The number of benzene rings is 3. The number of para-hydroxylation sites is 1. The molecule has 7 heteroatoms. The molecule has 3 aromatic carbocycles. The first-order valence-electron chi connectivity index (χ1n) is 11.1. The van der Waals surface area contributed by atoms with Gasteiger partial charge in [-0.2, -0.15) is 5.10 Å². The first-order valence-corrected chi connectivity index (χ1v) is 11.1. The molecule has 0 fully saturated rings. The summed E-state index contributed by atoms with van der Waals surface area (Å²) in [5, 5.41) is 3.93. The molecule has 7 nitrogen and oxygen atoms in total. The molecule has 0 radical (unpaired) electrons. The summed E-state index contributed by atoms with van der Waals surface area (Å²) in [5.41, 5.74) is 4.54. The van der Waals surface area contributed by atoms with Crippen LogP contribution in [0.25, 0.3) is 0 Å². The first-order chi connectivity index (χ1) is 16.5. The molecule has 0 saturated heterocycles. The summed E-state index contributed by atoms with van der Waals surface area (Å²) in [5.74, 6) is 0.959. The van der Waals surface area contributed by atoms with Crippen LogP contribution >= 0.6 is 0 Å². The summed E-state index contributed by atoms with van der Waals surface area (Å²) in [6, 6.07) is 21.1. The summed E-state index contributed by atoms with van der Waals surface area (Å²) in [4.78, 5) is 24.3. The topological polar surface area (TPSA) is 86.2 Å². The molecule has 3 rings (SSSR count). The van der Waals surface area contributed by atoms with Crippen LogP contribution in [0.5, 0.6) is 17.2 Å². The quantitative estimate of drug-likeness (QED) is 0.144. The van der Waals surface area contributed by atoms with Crippen molar-refractivity contribution in [3.63, 3.8) is 0 Å². The van der Waals surface area contributed by atoms with E-state index in [0.717, 1.165) is 29.7 Å². The van der Waals surface area contributed by atoms with Crippen LogP contribution in [0.15, 0.2) is 77.9 Å². The van der Waals surface area contributed by atoms with Gasteiger partial charge >= 0.3 is 5.97 Å². The molecule has 176 valence electrons. The minimum atomic E-state index is -0.456. The number of carbonyl (C=O) groups excluding carboxylic acids is 2. The summed E-state index contributed by atoms with van der Waals surface area (Å²) >= 11 is 0. The lowest BCUT2D eigenvalue weighted by molar-refractivity contribution is -0.123. The fourth-order valence-corrected chi connectivity index (χ4v) is 2.88. The third-order valence-corrected chi connectivity index (χ3v) is 4.80. The van der Waals surface area contributed by atoms with Crippen molar-refractivity contribution in [2.45, 2.75) is 26.7 Å². The van der Waals surface area contributed by atoms with E-state index in [0.29, 0.717) is 23.7 Å². The van der Waals surface area contributed by atoms with E-state index < -0.39 is 5.97 Å². The average Bonchev–Trinajstić information content (AvgIpc) is 2.85. The van der Waals surface area contributed by atoms with Gasteiger partial charge in [-0.1, -0.05) is 31.5 Å². The van der Waals surface area contributed by atoms with Crippen molar-refractivity contribution in [3.05, 3.63) is 89.5 Å². The predicted octanol–water partition coefficient (Wildman–Crippen LogP) is 4.92. The smallest absolute Gasteiger partial charge is 0.343 e. The van der Waals surface area contributed by atoms with Crippen LogP contribution in [0.4, 0.5) is 0 Å². The number of carbonyl (C=O) groups is 2. The van der Waals surface area contributed by atoms with Crippen LogP contribution < -0.4 is 19.6 Å². The molecular formula is C27H28N2O5. The highest BCUT2D eigenvalue weighted by atomic mass is 16.5. The number of amides is 1. The predicted molar refractivity (Wildman–Crippen MR) is 131 cm³/mol. The second-order valence-corrected chi connectivity index (χ2v) is 7.53. The fraction of sp³-hybridized carbons (Fsp3) is 0.222. The van der Waals surface area contributed by atoms with Gasteiger partial charge in [0, 0.05) is 0 Å². The number of nitrogens with one attached hydrogen (secondary N) is 1. The zero-order chi connectivity index (χ0) is 24.2. The van der Waals surface area contributed by atoms with Crippen LogP contribution in [-0.2, 0) is 4.79 Å². The number of nitrogens with zero attached hydrogens (tertiary/aromatic N) is 1. The molecule has 0 heterocycles. The van der Waals surface area contributed by atoms with Gasteiger partial charge in [-0.25, -0.2) is 10.2 Å². The van der Waals surface area contributed by atoms with Gasteiger partial charge in [0.05, 0.1) is 18.4 Å². The number of rotatable bonds is 11. The third-order valence-electron chi connectivity index (χ3n) is 4.80. The van der Waals surface area contributed by atoms with E-state index in [1.165, 1.54) is 6.21 Å². The number of unbranched alkanes of at least 4 members (excludes halogenated alkanes) is 1. The molecule has 3 aromatic rings. The highest BCUT2D eigenvalue weighted by molar-refractivity contribution is 5.91. The molecule has 0 unspecified atom stereocenters. The third kappa shape index (κ3) is 7.78. The Hall–Kier alpha value is -4.13. The van der Waals surface area contributed by atoms with E-state index in [4.69, 9.17) is 14.2 Å². The molecule has 0 saturated carbocycles. The summed E-state index contributed by atoms with van der Waals surface area (Å²) < 4.78 is 16.5. The molecule has 0 aliphatic carbocycles. The Bertz CT molecular complexity index is 1110. The van der Waals surface area contributed by atoms with Crippen molar-refractivity contribution in [1.82, 2.24) is 5.43 Å². The van der Waals surface area contributed by atoms with E-state index in [9.17, 15) is 9.59 Å². The largest absolute Gasteiger partial charge is 0.494 e.